The molecule has 9 heteroatoms. The maximum atomic E-state index is 14.2. The van der Waals surface area contributed by atoms with E-state index in [0.717, 1.165) is 31.1 Å². The van der Waals surface area contributed by atoms with Crippen molar-refractivity contribution in [1.29, 1.82) is 0 Å². The molecule has 4 heterocycles. The van der Waals surface area contributed by atoms with E-state index in [1.165, 1.54) is 22.5 Å². The van der Waals surface area contributed by atoms with Crippen LogP contribution in [0.2, 0.25) is 0 Å². The molecule has 1 fully saturated rings. The summed E-state index contributed by atoms with van der Waals surface area (Å²) in [6, 6.07) is 11.0. The number of carbonyl (C=O) groups excluding carboxylic acids is 1. The van der Waals surface area contributed by atoms with E-state index in [1.807, 2.05) is 23.6 Å². The third-order valence-electron chi connectivity index (χ3n) is 5.39. The number of hydrogen-bond acceptors (Lipinski definition) is 7. The molecule has 6 nitrogen and oxygen atoms in total. The highest BCUT2D eigenvalue weighted by Crippen LogP contribution is 2.42. The molecule has 2 aromatic heterocycles. The molecule has 0 bridgehead atoms. The molecule has 3 aromatic rings. The molecular weight excluding hydrogens is 409 g/mol. The zero-order valence-electron chi connectivity index (χ0n) is 15.9. The van der Waals surface area contributed by atoms with E-state index in [9.17, 15) is 9.18 Å². The van der Waals surface area contributed by atoms with Gasteiger partial charge in [0, 0.05) is 31.1 Å². The molecule has 1 saturated heterocycles. The quantitative estimate of drug-likeness (QED) is 0.633. The summed E-state index contributed by atoms with van der Waals surface area (Å²) in [7, 11) is 0. The van der Waals surface area contributed by atoms with Crippen LogP contribution in [0.5, 0.6) is 0 Å². The highest BCUT2D eigenvalue weighted by molar-refractivity contribution is 8.01. The van der Waals surface area contributed by atoms with E-state index in [2.05, 4.69) is 25.9 Å². The van der Waals surface area contributed by atoms with Crippen LogP contribution in [-0.4, -0.2) is 57.0 Å². The number of thioether (sulfide) groups is 1. The van der Waals surface area contributed by atoms with Gasteiger partial charge in [-0.05, 0) is 30.5 Å². The number of nitrogens with zero attached hydrogens (tertiary/aromatic N) is 5. The lowest BCUT2D eigenvalue weighted by atomic mass is 10.1. The summed E-state index contributed by atoms with van der Waals surface area (Å²) in [5, 5.41) is 6.70. The first-order chi connectivity index (χ1) is 14.1. The Morgan fingerprint density at radius 3 is 2.62 bits per heavy atom. The first-order valence-corrected chi connectivity index (χ1v) is 11.3. The zero-order chi connectivity index (χ0) is 20.0. The minimum Gasteiger partial charge on any atom is -0.367 e. The Balaban J connectivity index is 1.38. The second-order valence-electron chi connectivity index (χ2n) is 7.16. The van der Waals surface area contributed by atoms with Crippen LogP contribution >= 0.6 is 23.1 Å². The van der Waals surface area contributed by atoms with Gasteiger partial charge in [0.2, 0.25) is 0 Å². The lowest BCUT2D eigenvalue weighted by molar-refractivity contribution is 0.0832. The highest BCUT2D eigenvalue weighted by Gasteiger charge is 2.43. The van der Waals surface area contributed by atoms with Crippen LogP contribution in [0.25, 0.3) is 0 Å². The molecule has 150 valence electrons. The fourth-order valence-corrected chi connectivity index (χ4v) is 6.30. The van der Waals surface area contributed by atoms with E-state index in [4.69, 9.17) is 0 Å². The largest absolute Gasteiger partial charge is 0.367 e. The normalized spacial score (nSPS) is 20.8. The first kappa shape index (κ1) is 18.8. The number of halogens is 1. The number of piperazine rings is 1. The van der Waals surface area contributed by atoms with Gasteiger partial charge >= 0.3 is 0 Å². The van der Waals surface area contributed by atoms with Crippen molar-refractivity contribution in [2.45, 2.75) is 23.4 Å². The summed E-state index contributed by atoms with van der Waals surface area (Å²) >= 11 is 3.16. The lowest BCUT2D eigenvalue weighted by Crippen LogP contribution is -2.50. The smallest absolute Gasteiger partial charge is 0.264 e. The van der Waals surface area contributed by atoms with Gasteiger partial charge < -0.3 is 4.90 Å². The number of anilines is 1. The third kappa shape index (κ3) is 3.37. The number of hydrogen-bond donors (Lipinski definition) is 0. The lowest BCUT2D eigenvalue weighted by Gasteiger charge is -2.41. The highest BCUT2D eigenvalue weighted by atomic mass is 32.2. The number of rotatable bonds is 4. The molecule has 0 spiro atoms. The molecule has 0 radical (unpaired) electrons. The van der Waals surface area contributed by atoms with Crippen LogP contribution in [-0.2, 0) is 0 Å². The molecule has 2 aliphatic heterocycles. The van der Waals surface area contributed by atoms with Gasteiger partial charge in [-0.25, -0.2) is 9.37 Å². The van der Waals surface area contributed by atoms with Crippen molar-refractivity contribution >= 4 is 34.7 Å². The summed E-state index contributed by atoms with van der Waals surface area (Å²) in [5.41, 5.74) is 0.644. The number of para-hydroxylation sites is 1. The van der Waals surface area contributed by atoms with Gasteiger partial charge in [-0.3, -0.25) is 9.69 Å². The fraction of sp³-hybridized carbons (Fsp3) is 0.350. The molecular formula is C20H20FN5OS2. The number of carbonyl (C=O) groups is 1. The molecule has 0 N–H and O–H groups in total. The summed E-state index contributed by atoms with van der Waals surface area (Å²) in [6.07, 6.45) is 0. The van der Waals surface area contributed by atoms with E-state index in [-0.39, 0.29) is 23.0 Å². The standard InChI is InChI=1S/C20H20FN5OS2/c1-13-22-20-26(23-13)19(27)18(29-20)17(16-7-4-12-28-16)25-10-8-24(9-11-25)15-6-3-2-5-14(15)21/h2-7,12,17-18H,8-11H2,1H3. The van der Waals surface area contributed by atoms with Crippen LogP contribution in [0.1, 0.15) is 21.5 Å². The van der Waals surface area contributed by atoms with Crippen LogP contribution in [0.4, 0.5) is 10.1 Å². The van der Waals surface area contributed by atoms with Crippen LogP contribution in [0.15, 0.2) is 46.9 Å². The van der Waals surface area contributed by atoms with Crippen molar-refractivity contribution in [3.05, 3.63) is 58.3 Å². The SMILES string of the molecule is Cc1nc2n(n1)C(=O)C(C(c1cccs1)N1CCN(c3ccccc3F)CC1)S2. The number of aromatic nitrogens is 3. The van der Waals surface area contributed by atoms with Gasteiger partial charge in [0.25, 0.3) is 5.91 Å². The van der Waals surface area contributed by atoms with Crippen molar-refractivity contribution in [2.75, 3.05) is 31.1 Å². The van der Waals surface area contributed by atoms with Gasteiger partial charge in [-0.2, -0.15) is 4.68 Å². The Morgan fingerprint density at radius 1 is 1.14 bits per heavy atom. The Morgan fingerprint density at radius 2 is 1.93 bits per heavy atom. The minimum atomic E-state index is -0.274. The maximum absolute atomic E-state index is 14.2. The Labute approximate surface area is 176 Å². The number of fused-ring (bicyclic) bond motifs is 1. The average molecular weight is 430 g/mol. The van der Waals surface area contributed by atoms with E-state index in [0.29, 0.717) is 16.7 Å². The fourth-order valence-electron chi connectivity index (χ4n) is 4.03. The maximum Gasteiger partial charge on any atom is 0.264 e. The molecule has 0 amide bonds. The molecule has 29 heavy (non-hydrogen) atoms. The molecule has 0 aliphatic carbocycles. The van der Waals surface area contributed by atoms with E-state index in [1.54, 1.807) is 24.3 Å². The van der Waals surface area contributed by atoms with Gasteiger partial charge in [0.1, 0.15) is 16.9 Å². The molecule has 2 aliphatic rings. The predicted molar refractivity (Wildman–Crippen MR) is 112 cm³/mol. The second kappa shape index (κ2) is 7.55. The topological polar surface area (TPSA) is 54.3 Å². The molecule has 5 rings (SSSR count). The monoisotopic (exact) mass is 429 g/mol. The van der Waals surface area contributed by atoms with Crippen molar-refractivity contribution in [2.24, 2.45) is 0 Å². The van der Waals surface area contributed by atoms with Crippen LogP contribution < -0.4 is 4.90 Å². The van der Waals surface area contributed by atoms with E-state index >= 15 is 0 Å². The summed E-state index contributed by atoms with van der Waals surface area (Å²) in [6.45, 7) is 4.76. The second-order valence-corrected chi connectivity index (χ2v) is 9.25. The van der Waals surface area contributed by atoms with Gasteiger partial charge in [-0.1, -0.05) is 30.0 Å². The summed E-state index contributed by atoms with van der Waals surface area (Å²) < 4.78 is 15.6. The molecule has 2 atom stereocenters. The number of aryl methyl sites for hydroxylation is 1. The molecule has 1 aromatic carbocycles. The van der Waals surface area contributed by atoms with Gasteiger partial charge in [-0.15, -0.1) is 16.4 Å². The Kier molecular flexibility index (Phi) is 4.89. The summed E-state index contributed by atoms with van der Waals surface area (Å²) in [4.78, 5) is 23.1. The summed E-state index contributed by atoms with van der Waals surface area (Å²) in [5.74, 6) is 0.412. The van der Waals surface area contributed by atoms with Crippen LogP contribution in [0.3, 0.4) is 0 Å². The average Bonchev–Trinajstić information content (AvgIpc) is 3.43. The van der Waals surface area contributed by atoms with Crippen LogP contribution in [0, 0.1) is 12.7 Å². The number of thiophene rings is 1. The van der Waals surface area contributed by atoms with Crippen molar-refractivity contribution in [3.8, 4) is 0 Å². The van der Waals surface area contributed by atoms with E-state index < -0.39 is 0 Å². The van der Waals surface area contributed by atoms with Crippen molar-refractivity contribution < 1.29 is 9.18 Å². The Hall–Kier alpha value is -2.23. The molecule has 0 saturated carbocycles. The van der Waals surface area contributed by atoms with Gasteiger partial charge in [0.05, 0.1) is 11.7 Å². The zero-order valence-corrected chi connectivity index (χ0v) is 17.5. The van der Waals surface area contributed by atoms with Crippen molar-refractivity contribution in [1.82, 2.24) is 19.7 Å². The minimum absolute atomic E-state index is 0.0134. The Bertz CT molecular complexity index is 1030. The number of benzene rings is 1. The predicted octanol–water partition coefficient (Wildman–Crippen LogP) is 3.47. The molecule has 2 unspecified atom stereocenters. The first-order valence-electron chi connectivity index (χ1n) is 9.53. The third-order valence-corrected chi connectivity index (χ3v) is 7.52. The van der Waals surface area contributed by atoms with Crippen molar-refractivity contribution in [3.63, 3.8) is 0 Å². The van der Waals surface area contributed by atoms with Gasteiger partial charge in [0.15, 0.2) is 5.16 Å².